The molecule has 1 heterocycles. The molecular weight excluding hydrogens is 222 g/mol. The lowest BCUT2D eigenvalue weighted by atomic mass is 10.0. The van der Waals surface area contributed by atoms with Crippen LogP contribution < -0.4 is 0 Å². The summed E-state index contributed by atoms with van der Waals surface area (Å²) in [6, 6.07) is 0. The summed E-state index contributed by atoms with van der Waals surface area (Å²) < 4.78 is 5.33. The Morgan fingerprint density at radius 2 is 2.24 bits per heavy atom. The van der Waals surface area contributed by atoms with E-state index in [4.69, 9.17) is 9.84 Å². The van der Waals surface area contributed by atoms with Crippen molar-refractivity contribution in [3.05, 3.63) is 0 Å². The number of carbonyl (C=O) groups is 2. The maximum absolute atomic E-state index is 11.9. The van der Waals surface area contributed by atoms with Crippen LogP contribution in [0.15, 0.2) is 0 Å². The number of rotatable bonds is 5. The van der Waals surface area contributed by atoms with Crippen LogP contribution in [-0.4, -0.2) is 47.7 Å². The zero-order valence-corrected chi connectivity index (χ0v) is 10.5. The maximum atomic E-state index is 11.9. The number of aliphatic carboxylic acids is 1. The standard InChI is InChI=1S/C12H21NO4/c1-3-9(2)6-11(14)13-4-5-17-10(8-13)7-12(15)16/h9-10H,3-8H2,1-2H3,(H,15,16). The summed E-state index contributed by atoms with van der Waals surface area (Å²) in [5.41, 5.74) is 0. The van der Waals surface area contributed by atoms with E-state index in [1.807, 2.05) is 6.92 Å². The first-order valence-corrected chi connectivity index (χ1v) is 6.14. The number of hydrogen-bond acceptors (Lipinski definition) is 3. The normalized spacial score (nSPS) is 22.2. The third-order valence-corrected chi connectivity index (χ3v) is 3.11. The molecule has 1 aliphatic heterocycles. The molecule has 98 valence electrons. The predicted molar refractivity (Wildman–Crippen MR) is 62.6 cm³/mol. The molecule has 0 radical (unpaired) electrons. The molecule has 0 spiro atoms. The van der Waals surface area contributed by atoms with Crippen LogP contribution >= 0.6 is 0 Å². The number of carboxylic acids is 1. The molecule has 0 aromatic rings. The summed E-state index contributed by atoms with van der Waals surface area (Å²) in [6.45, 7) is 5.52. The Morgan fingerprint density at radius 3 is 2.82 bits per heavy atom. The molecular formula is C12H21NO4. The van der Waals surface area contributed by atoms with Crippen LogP contribution in [0.5, 0.6) is 0 Å². The molecule has 1 rings (SSSR count). The second-order valence-electron chi connectivity index (χ2n) is 4.65. The minimum atomic E-state index is -0.883. The van der Waals surface area contributed by atoms with E-state index < -0.39 is 5.97 Å². The fraction of sp³-hybridized carbons (Fsp3) is 0.833. The van der Waals surface area contributed by atoms with Gasteiger partial charge in [0.1, 0.15) is 0 Å². The number of morpholine rings is 1. The number of amides is 1. The van der Waals surface area contributed by atoms with Gasteiger partial charge in [-0.3, -0.25) is 9.59 Å². The number of carboxylic acid groups (broad SMARTS) is 1. The molecule has 1 aliphatic rings. The first-order valence-electron chi connectivity index (χ1n) is 6.14. The SMILES string of the molecule is CCC(C)CC(=O)N1CCOC(CC(=O)O)C1. The second-order valence-corrected chi connectivity index (χ2v) is 4.65. The van der Waals surface area contributed by atoms with Gasteiger partial charge in [0.15, 0.2) is 0 Å². The van der Waals surface area contributed by atoms with Gasteiger partial charge in [0.25, 0.3) is 0 Å². The number of carbonyl (C=O) groups excluding carboxylic acids is 1. The Bertz CT molecular complexity index is 280. The van der Waals surface area contributed by atoms with Crippen molar-refractivity contribution in [1.82, 2.24) is 4.90 Å². The highest BCUT2D eigenvalue weighted by Crippen LogP contribution is 2.13. The van der Waals surface area contributed by atoms with E-state index in [0.717, 1.165) is 6.42 Å². The molecule has 0 aromatic heterocycles. The van der Waals surface area contributed by atoms with Gasteiger partial charge in [-0.1, -0.05) is 20.3 Å². The van der Waals surface area contributed by atoms with E-state index in [9.17, 15) is 9.59 Å². The molecule has 1 saturated heterocycles. The largest absolute Gasteiger partial charge is 0.481 e. The predicted octanol–water partition coefficient (Wildman–Crippen LogP) is 1.12. The van der Waals surface area contributed by atoms with Crippen LogP contribution in [0.4, 0.5) is 0 Å². The topological polar surface area (TPSA) is 66.8 Å². The van der Waals surface area contributed by atoms with Crippen LogP contribution in [0.2, 0.25) is 0 Å². The second kappa shape index (κ2) is 6.59. The highest BCUT2D eigenvalue weighted by Gasteiger charge is 2.26. The van der Waals surface area contributed by atoms with Gasteiger partial charge in [0.05, 0.1) is 19.1 Å². The number of ether oxygens (including phenoxy) is 1. The van der Waals surface area contributed by atoms with Crippen molar-refractivity contribution in [3.63, 3.8) is 0 Å². The molecule has 5 nitrogen and oxygen atoms in total. The summed E-state index contributed by atoms with van der Waals surface area (Å²) in [5, 5.41) is 8.69. The molecule has 0 bridgehead atoms. The van der Waals surface area contributed by atoms with Crippen LogP contribution in [0.1, 0.15) is 33.1 Å². The molecule has 2 atom stereocenters. The average molecular weight is 243 g/mol. The van der Waals surface area contributed by atoms with Gasteiger partial charge < -0.3 is 14.7 Å². The Kier molecular flexibility index (Phi) is 5.41. The van der Waals surface area contributed by atoms with Gasteiger partial charge in [-0.25, -0.2) is 0 Å². The molecule has 5 heteroatoms. The zero-order chi connectivity index (χ0) is 12.8. The van der Waals surface area contributed by atoms with Gasteiger partial charge in [-0.15, -0.1) is 0 Å². The van der Waals surface area contributed by atoms with E-state index in [-0.39, 0.29) is 18.4 Å². The fourth-order valence-electron chi connectivity index (χ4n) is 1.84. The molecule has 0 saturated carbocycles. The molecule has 1 N–H and O–H groups in total. The third kappa shape index (κ3) is 4.73. The summed E-state index contributed by atoms with van der Waals surface area (Å²) in [4.78, 5) is 24.2. The molecule has 1 fully saturated rings. The molecule has 0 aromatic carbocycles. The van der Waals surface area contributed by atoms with Gasteiger partial charge in [-0.05, 0) is 5.92 Å². The number of hydrogen-bond donors (Lipinski definition) is 1. The fourth-order valence-corrected chi connectivity index (χ4v) is 1.84. The Labute approximate surface area is 102 Å². The lowest BCUT2D eigenvalue weighted by molar-refractivity contribution is -0.148. The lowest BCUT2D eigenvalue weighted by Gasteiger charge is -2.33. The summed E-state index contributed by atoms with van der Waals surface area (Å²) in [6.07, 6.45) is 1.13. The Balaban J connectivity index is 2.43. The summed E-state index contributed by atoms with van der Waals surface area (Å²) >= 11 is 0. The van der Waals surface area contributed by atoms with Gasteiger partial charge >= 0.3 is 5.97 Å². The van der Waals surface area contributed by atoms with Gasteiger partial charge in [-0.2, -0.15) is 0 Å². The summed E-state index contributed by atoms with van der Waals surface area (Å²) in [5.74, 6) is -0.396. The van der Waals surface area contributed by atoms with Crippen molar-refractivity contribution in [2.45, 2.75) is 39.2 Å². The minimum absolute atomic E-state index is 0.0346. The van der Waals surface area contributed by atoms with Gasteiger partial charge in [0, 0.05) is 19.5 Å². The molecule has 2 unspecified atom stereocenters. The van der Waals surface area contributed by atoms with Crippen LogP contribution in [0, 0.1) is 5.92 Å². The van der Waals surface area contributed by atoms with E-state index in [2.05, 4.69) is 6.92 Å². The van der Waals surface area contributed by atoms with Crippen molar-refractivity contribution in [3.8, 4) is 0 Å². The van der Waals surface area contributed by atoms with Crippen molar-refractivity contribution < 1.29 is 19.4 Å². The maximum Gasteiger partial charge on any atom is 0.306 e. The van der Waals surface area contributed by atoms with Crippen molar-refractivity contribution in [2.24, 2.45) is 5.92 Å². The number of nitrogens with zero attached hydrogens (tertiary/aromatic N) is 1. The molecule has 0 aliphatic carbocycles. The molecule has 1 amide bonds. The van der Waals surface area contributed by atoms with Crippen molar-refractivity contribution >= 4 is 11.9 Å². The van der Waals surface area contributed by atoms with Crippen molar-refractivity contribution in [1.29, 1.82) is 0 Å². The minimum Gasteiger partial charge on any atom is -0.481 e. The Morgan fingerprint density at radius 1 is 1.53 bits per heavy atom. The zero-order valence-electron chi connectivity index (χ0n) is 10.5. The highest BCUT2D eigenvalue weighted by molar-refractivity contribution is 5.76. The monoisotopic (exact) mass is 243 g/mol. The third-order valence-electron chi connectivity index (χ3n) is 3.11. The first kappa shape index (κ1) is 14.0. The van der Waals surface area contributed by atoms with Crippen LogP contribution in [0.3, 0.4) is 0 Å². The first-order chi connectivity index (χ1) is 8.02. The van der Waals surface area contributed by atoms with E-state index in [1.54, 1.807) is 4.90 Å². The average Bonchev–Trinajstić information content (AvgIpc) is 2.28. The quantitative estimate of drug-likeness (QED) is 0.786. The van der Waals surface area contributed by atoms with Crippen LogP contribution in [-0.2, 0) is 14.3 Å². The van der Waals surface area contributed by atoms with Crippen LogP contribution in [0.25, 0.3) is 0 Å². The van der Waals surface area contributed by atoms with Crippen molar-refractivity contribution in [2.75, 3.05) is 19.7 Å². The highest BCUT2D eigenvalue weighted by atomic mass is 16.5. The van der Waals surface area contributed by atoms with Gasteiger partial charge in [0.2, 0.25) is 5.91 Å². The van der Waals surface area contributed by atoms with E-state index in [0.29, 0.717) is 32.0 Å². The van der Waals surface area contributed by atoms with E-state index >= 15 is 0 Å². The Hall–Kier alpha value is -1.10. The molecule has 17 heavy (non-hydrogen) atoms. The smallest absolute Gasteiger partial charge is 0.306 e. The summed E-state index contributed by atoms with van der Waals surface area (Å²) in [7, 11) is 0. The van der Waals surface area contributed by atoms with E-state index in [1.165, 1.54) is 0 Å². The lowest BCUT2D eigenvalue weighted by Crippen LogP contribution is -2.46.